The van der Waals surface area contributed by atoms with Gasteiger partial charge >= 0.3 is 0 Å². The predicted octanol–water partition coefficient (Wildman–Crippen LogP) is 9.66. The van der Waals surface area contributed by atoms with E-state index in [1.807, 2.05) is 30.3 Å². The first-order valence-corrected chi connectivity index (χ1v) is 20.6. The fourth-order valence-electron chi connectivity index (χ4n) is 5.88. The largest absolute Gasteiger partial charge is 0.744 e. The lowest BCUT2D eigenvalue weighted by Gasteiger charge is -2.15. The number of hydrogen-bond donors (Lipinski definition) is 2. The molecule has 0 heterocycles. The van der Waals surface area contributed by atoms with Crippen molar-refractivity contribution < 1.29 is 30.9 Å². The minimum absolute atomic E-state index is 0.0138. The van der Waals surface area contributed by atoms with Crippen LogP contribution in [-0.4, -0.2) is 33.9 Å². The Kier molecular flexibility index (Phi) is 15.1. The van der Waals surface area contributed by atoms with Crippen molar-refractivity contribution in [2.45, 2.75) is 107 Å². The fourth-order valence-corrected chi connectivity index (χ4v) is 7.46. The third-order valence-electron chi connectivity index (χ3n) is 8.70. The summed E-state index contributed by atoms with van der Waals surface area (Å²) in [4.78, 5) is 12.7. The van der Waals surface area contributed by atoms with Crippen molar-refractivity contribution in [2.24, 2.45) is 0 Å². The lowest BCUT2D eigenvalue weighted by molar-refractivity contribution is 0.102. The fraction of sp³-hybridized carbons (Fsp3) is 0.410. The van der Waals surface area contributed by atoms with Crippen LogP contribution >= 0.6 is 0 Å². The molecule has 2 N–H and O–H groups in total. The SMILES string of the molecule is CCCCCCCCCCCCCCCCOc1ccc(S(=O)(=O)[O-])cc1C(=O)Nc1ccc(S(=O)(=O)Nc2cccc3ccccc23)cc1. The molecule has 0 spiro atoms. The van der Waals surface area contributed by atoms with E-state index in [4.69, 9.17) is 4.74 Å². The summed E-state index contributed by atoms with van der Waals surface area (Å²) >= 11 is 0. The average molecular weight is 722 g/mol. The number of hydrogen-bond acceptors (Lipinski definition) is 7. The van der Waals surface area contributed by atoms with Gasteiger partial charge in [-0.15, -0.1) is 0 Å². The Labute approximate surface area is 297 Å². The van der Waals surface area contributed by atoms with Gasteiger partial charge in [-0.25, -0.2) is 16.8 Å². The Morgan fingerprint density at radius 3 is 1.84 bits per heavy atom. The number of anilines is 2. The highest BCUT2D eigenvalue weighted by Gasteiger charge is 2.19. The molecule has 270 valence electrons. The summed E-state index contributed by atoms with van der Waals surface area (Å²) < 4.78 is 70.0. The first-order valence-electron chi connectivity index (χ1n) is 17.7. The summed E-state index contributed by atoms with van der Waals surface area (Å²) in [7, 11) is -8.76. The number of rotatable bonds is 22. The van der Waals surface area contributed by atoms with Gasteiger partial charge in [0.05, 0.1) is 27.6 Å². The third kappa shape index (κ3) is 12.1. The van der Waals surface area contributed by atoms with Crippen molar-refractivity contribution >= 4 is 48.2 Å². The average Bonchev–Trinajstić information content (AvgIpc) is 3.10. The molecule has 0 aliphatic carbocycles. The van der Waals surface area contributed by atoms with Gasteiger partial charge in [0.1, 0.15) is 15.9 Å². The standard InChI is InChI=1S/C39H50N2O7S2/c1-2-3-4-5-6-7-8-9-10-11-12-13-14-17-29-48-38-28-27-34(50(45,46)47)30-36(38)39(42)40-32-23-25-33(26-24-32)49(43,44)41-37-22-18-20-31-19-15-16-21-35(31)37/h15-16,18-28,30,41H,2-14,17,29H2,1H3,(H,40,42)(H,45,46,47)/p-1. The number of ether oxygens (including phenoxy) is 1. The second kappa shape index (κ2) is 19.5. The molecule has 0 aliphatic heterocycles. The molecule has 0 fully saturated rings. The van der Waals surface area contributed by atoms with Gasteiger partial charge in [0, 0.05) is 11.1 Å². The monoisotopic (exact) mass is 721 g/mol. The molecule has 0 radical (unpaired) electrons. The number of nitrogens with one attached hydrogen (secondary N) is 2. The molecule has 0 saturated heterocycles. The van der Waals surface area contributed by atoms with Gasteiger partial charge in [-0.2, -0.15) is 0 Å². The number of fused-ring (bicyclic) bond motifs is 1. The summed E-state index contributed by atoms with van der Waals surface area (Å²) in [6.07, 6.45) is 17.1. The van der Waals surface area contributed by atoms with Gasteiger partial charge in [0.25, 0.3) is 15.9 Å². The minimum atomic E-state index is -4.82. The molecule has 50 heavy (non-hydrogen) atoms. The third-order valence-corrected chi connectivity index (χ3v) is 10.9. The maximum absolute atomic E-state index is 13.3. The van der Waals surface area contributed by atoms with E-state index in [1.165, 1.54) is 101 Å². The molecule has 4 aromatic carbocycles. The highest BCUT2D eigenvalue weighted by molar-refractivity contribution is 7.92. The van der Waals surface area contributed by atoms with Gasteiger partial charge in [-0.3, -0.25) is 9.52 Å². The van der Waals surface area contributed by atoms with Crippen molar-refractivity contribution in [3.63, 3.8) is 0 Å². The van der Waals surface area contributed by atoms with Crippen LogP contribution < -0.4 is 14.8 Å². The molecular weight excluding hydrogens is 673 g/mol. The number of benzene rings is 4. The first kappa shape index (κ1) is 38.9. The summed E-state index contributed by atoms with van der Waals surface area (Å²) in [5.41, 5.74) is 0.601. The van der Waals surface area contributed by atoms with Crippen molar-refractivity contribution in [3.05, 3.63) is 90.5 Å². The van der Waals surface area contributed by atoms with Gasteiger partial charge in [0.15, 0.2) is 0 Å². The Bertz CT molecular complexity index is 1890. The zero-order valence-electron chi connectivity index (χ0n) is 28.9. The van der Waals surface area contributed by atoms with Crippen molar-refractivity contribution in [1.82, 2.24) is 0 Å². The molecule has 11 heteroatoms. The lowest BCUT2D eigenvalue weighted by atomic mass is 10.0. The molecule has 0 saturated carbocycles. The molecule has 0 aliphatic rings. The van der Waals surface area contributed by atoms with E-state index in [2.05, 4.69) is 17.0 Å². The van der Waals surface area contributed by atoms with Crippen molar-refractivity contribution in [2.75, 3.05) is 16.6 Å². The second-order valence-electron chi connectivity index (χ2n) is 12.7. The van der Waals surface area contributed by atoms with E-state index in [0.29, 0.717) is 12.3 Å². The van der Waals surface area contributed by atoms with Gasteiger partial charge < -0.3 is 14.6 Å². The molecule has 0 unspecified atom stereocenters. The molecule has 0 aromatic heterocycles. The molecule has 9 nitrogen and oxygen atoms in total. The van der Waals surface area contributed by atoms with E-state index in [-0.39, 0.29) is 21.9 Å². The van der Waals surface area contributed by atoms with E-state index in [9.17, 15) is 26.2 Å². The molecule has 0 atom stereocenters. The maximum atomic E-state index is 13.3. The summed E-state index contributed by atoms with van der Waals surface area (Å²) in [6.45, 7) is 2.57. The van der Waals surface area contributed by atoms with Crippen LogP contribution in [0.2, 0.25) is 0 Å². The number of carbonyl (C=O) groups excluding carboxylic acids is 1. The molecule has 1 amide bonds. The number of amides is 1. The van der Waals surface area contributed by atoms with Crippen LogP contribution in [0, 0.1) is 0 Å². The highest BCUT2D eigenvalue weighted by atomic mass is 32.2. The van der Waals surface area contributed by atoms with Crippen molar-refractivity contribution in [3.8, 4) is 5.75 Å². The van der Waals surface area contributed by atoms with Crippen LogP contribution in [0.15, 0.2) is 94.7 Å². The quantitative estimate of drug-likeness (QED) is 0.0608. The Hall–Kier alpha value is -3.93. The van der Waals surface area contributed by atoms with Crippen LogP contribution in [0.4, 0.5) is 11.4 Å². The molecule has 0 bridgehead atoms. The van der Waals surface area contributed by atoms with E-state index in [1.54, 1.807) is 12.1 Å². The first-order chi connectivity index (χ1) is 24.1. The van der Waals surface area contributed by atoms with Crippen molar-refractivity contribution in [1.29, 1.82) is 0 Å². The van der Waals surface area contributed by atoms with Crippen LogP contribution in [0.25, 0.3) is 10.8 Å². The summed E-state index contributed by atoms with van der Waals surface area (Å²) in [5, 5.41) is 4.30. The molecule has 4 aromatic rings. The smallest absolute Gasteiger partial charge is 0.261 e. The normalized spacial score (nSPS) is 11.8. The maximum Gasteiger partial charge on any atom is 0.261 e. The zero-order chi connectivity index (χ0) is 35.8. The molecule has 4 rings (SSSR count). The van der Waals surface area contributed by atoms with E-state index in [0.717, 1.165) is 42.2 Å². The number of sulfonamides is 1. The van der Waals surface area contributed by atoms with Crippen LogP contribution in [0.3, 0.4) is 0 Å². The zero-order valence-corrected chi connectivity index (χ0v) is 30.5. The summed E-state index contributed by atoms with van der Waals surface area (Å²) in [5.74, 6) is -0.543. The second-order valence-corrected chi connectivity index (χ2v) is 15.7. The van der Waals surface area contributed by atoms with Gasteiger partial charge in [0.2, 0.25) is 0 Å². The van der Waals surface area contributed by atoms with Gasteiger partial charge in [-0.05, 0) is 60.3 Å². The minimum Gasteiger partial charge on any atom is -0.744 e. The predicted molar refractivity (Wildman–Crippen MR) is 199 cm³/mol. The number of carbonyl (C=O) groups is 1. The Morgan fingerprint density at radius 2 is 1.22 bits per heavy atom. The lowest BCUT2D eigenvalue weighted by Crippen LogP contribution is -2.16. The molecular formula is C39H49N2O7S2-. The Morgan fingerprint density at radius 1 is 0.660 bits per heavy atom. The summed E-state index contributed by atoms with van der Waals surface area (Å²) in [6, 6.07) is 21.8. The Balaban J connectivity index is 1.28. The van der Waals surface area contributed by atoms with Crippen LogP contribution in [0.1, 0.15) is 107 Å². The van der Waals surface area contributed by atoms with E-state index < -0.39 is 30.9 Å². The topological polar surface area (TPSA) is 142 Å². The van der Waals surface area contributed by atoms with Crippen LogP contribution in [-0.2, 0) is 20.1 Å². The highest BCUT2D eigenvalue weighted by Crippen LogP contribution is 2.28. The van der Waals surface area contributed by atoms with E-state index >= 15 is 0 Å². The van der Waals surface area contributed by atoms with Crippen LogP contribution in [0.5, 0.6) is 5.75 Å². The van der Waals surface area contributed by atoms with Gasteiger partial charge in [-0.1, -0.05) is 127 Å². The number of unbranched alkanes of at least 4 members (excludes halogenated alkanes) is 13.